The van der Waals surface area contributed by atoms with Crippen molar-refractivity contribution >= 4 is 0 Å². The van der Waals surface area contributed by atoms with E-state index in [1.54, 1.807) is 0 Å². The SMILES string of the molecule is NCC1CCCCC1N1CCOc2ccccc2C1. The van der Waals surface area contributed by atoms with E-state index in [9.17, 15) is 0 Å². The minimum Gasteiger partial charge on any atom is -0.492 e. The molecule has 0 bridgehead atoms. The predicted octanol–water partition coefficient (Wildman–Crippen LogP) is 2.40. The molecular formula is C16H24N2O. The van der Waals surface area contributed by atoms with Crippen LogP contribution >= 0.6 is 0 Å². The Morgan fingerprint density at radius 2 is 2.05 bits per heavy atom. The first-order chi connectivity index (χ1) is 9.38. The smallest absolute Gasteiger partial charge is 0.123 e. The Balaban J connectivity index is 1.78. The standard InChI is InChI=1S/C16H24N2O/c17-11-13-5-1-3-7-15(13)18-9-10-19-16-8-4-2-6-14(16)12-18/h2,4,6,8,13,15H,1,3,5,7,9-12,17H2. The van der Waals surface area contributed by atoms with Crippen LogP contribution in [0.1, 0.15) is 31.2 Å². The van der Waals surface area contributed by atoms with Gasteiger partial charge in [-0.05, 0) is 31.4 Å². The van der Waals surface area contributed by atoms with Gasteiger partial charge in [0.25, 0.3) is 0 Å². The molecule has 19 heavy (non-hydrogen) atoms. The van der Waals surface area contributed by atoms with Gasteiger partial charge >= 0.3 is 0 Å². The molecule has 0 saturated heterocycles. The molecule has 1 saturated carbocycles. The highest BCUT2D eigenvalue weighted by molar-refractivity contribution is 5.33. The molecule has 2 N–H and O–H groups in total. The van der Waals surface area contributed by atoms with Gasteiger partial charge in [0.1, 0.15) is 12.4 Å². The lowest BCUT2D eigenvalue weighted by Crippen LogP contribution is -2.45. The van der Waals surface area contributed by atoms with Crippen molar-refractivity contribution in [3.63, 3.8) is 0 Å². The summed E-state index contributed by atoms with van der Waals surface area (Å²) in [6.07, 6.45) is 5.28. The van der Waals surface area contributed by atoms with Crippen molar-refractivity contribution in [2.24, 2.45) is 11.7 Å². The third-order valence-corrected chi connectivity index (χ3v) is 4.62. The van der Waals surface area contributed by atoms with E-state index in [1.165, 1.54) is 31.2 Å². The zero-order valence-corrected chi connectivity index (χ0v) is 11.6. The molecule has 2 atom stereocenters. The highest BCUT2D eigenvalue weighted by atomic mass is 16.5. The van der Waals surface area contributed by atoms with Gasteiger partial charge in [-0.25, -0.2) is 0 Å². The first-order valence-corrected chi connectivity index (χ1v) is 7.53. The van der Waals surface area contributed by atoms with Gasteiger partial charge in [-0.1, -0.05) is 31.0 Å². The second kappa shape index (κ2) is 5.93. The summed E-state index contributed by atoms with van der Waals surface area (Å²) in [5, 5.41) is 0. The summed E-state index contributed by atoms with van der Waals surface area (Å²) >= 11 is 0. The van der Waals surface area contributed by atoms with Gasteiger partial charge in [0.2, 0.25) is 0 Å². The molecule has 3 heteroatoms. The molecule has 0 spiro atoms. The van der Waals surface area contributed by atoms with Gasteiger partial charge in [-0.15, -0.1) is 0 Å². The number of fused-ring (bicyclic) bond motifs is 1. The normalized spacial score (nSPS) is 28.3. The van der Waals surface area contributed by atoms with E-state index in [2.05, 4.69) is 29.2 Å². The number of nitrogens with two attached hydrogens (primary N) is 1. The minimum absolute atomic E-state index is 0.647. The second-order valence-corrected chi connectivity index (χ2v) is 5.77. The number of para-hydroxylation sites is 1. The number of rotatable bonds is 2. The molecule has 2 unspecified atom stereocenters. The lowest BCUT2D eigenvalue weighted by atomic mass is 9.83. The molecule has 0 amide bonds. The summed E-state index contributed by atoms with van der Waals surface area (Å²) in [4.78, 5) is 2.60. The predicted molar refractivity (Wildman–Crippen MR) is 77.1 cm³/mol. The van der Waals surface area contributed by atoms with E-state index in [0.717, 1.165) is 32.0 Å². The van der Waals surface area contributed by atoms with Gasteiger partial charge < -0.3 is 10.5 Å². The van der Waals surface area contributed by atoms with Crippen molar-refractivity contribution in [2.45, 2.75) is 38.3 Å². The molecule has 1 aliphatic heterocycles. The lowest BCUT2D eigenvalue weighted by Gasteiger charge is -2.38. The average Bonchev–Trinajstić information content (AvgIpc) is 2.69. The molecule has 3 rings (SSSR count). The molecule has 1 aliphatic carbocycles. The number of hydrogen-bond donors (Lipinski definition) is 1. The Morgan fingerprint density at radius 1 is 1.21 bits per heavy atom. The zero-order chi connectivity index (χ0) is 13.1. The molecule has 3 nitrogen and oxygen atoms in total. The van der Waals surface area contributed by atoms with Gasteiger partial charge in [0.15, 0.2) is 0 Å². The summed E-state index contributed by atoms with van der Waals surface area (Å²) in [5.41, 5.74) is 7.30. The summed E-state index contributed by atoms with van der Waals surface area (Å²) in [7, 11) is 0. The van der Waals surface area contributed by atoms with Crippen molar-refractivity contribution in [2.75, 3.05) is 19.7 Å². The van der Waals surface area contributed by atoms with Crippen molar-refractivity contribution in [1.82, 2.24) is 4.90 Å². The van der Waals surface area contributed by atoms with Crippen molar-refractivity contribution in [3.05, 3.63) is 29.8 Å². The summed E-state index contributed by atoms with van der Waals surface area (Å²) in [6.45, 7) is 3.65. The molecule has 2 aliphatic rings. The first-order valence-electron chi connectivity index (χ1n) is 7.53. The number of nitrogens with zero attached hydrogens (tertiary/aromatic N) is 1. The minimum atomic E-state index is 0.647. The third kappa shape index (κ3) is 2.77. The van der Waals surface area contributed by atoms with Crippen LogP contribution in [0.2, 0.25) is 0 Å². The highest BCUT2D eigenvalue weighted by Gasteiger charge is 2.30. The molecule has 0 aromatic heterocycles. The van der Waals surface area contributed by atoms with Gasteiger partial charge in [0.05, 0.1) is 0 Å². The molecule has 1 aromatic rings. The van der Waals surface area contributed by atoms with Gasteiger partial charge in [0, 0.05) is 24.7 Å². The molecule has 0 radical (unpaired) electrons. The Hall–Kier alpha value is -1.06. The molecule has 1 heterocycles. The van der Waals surface area contributed by atoms with Crippen molar-refractivity contribution in [3.8, 4) is 5.75 Å². The summed E-state index contributed by atoms with van der Waals surface area (Å²) in [5.74, 6) is 1.73. The van der Waals surface area contributed by atoms with E-state index < -0.39 is 0 Å². The lowest BCUT2D eigenvalue weighted by molar-refractivity contribution is 0.0933. The summed E-state index contributed by atoms with van der Waals surface area (Å²) in [6, 6.07) is 9.08. The molecule has 104 valence electrons. The monoisotopic (exact) mass is 260 g/mol. The van der Waals surface area contributed by atoms with E-state index in [4.69, 9.17) is 10.5 Å². The van der Waals surface area contributed by atoms with Gasteiger partial charge in [-0.3, -0.25) is 4.90 Å². The molecular weight excluding hydrogens is 236 g/mol. The van der Waals surface area contributed by atoms with Crippen LogP contribution in [-0.4, -0.2) is 30.6 Å². The fraction of sp³-hybridized carbons (Fsp3) is 0.625. The Bertz CT molecular complexity index is 421. The fourth-order valence-corrected chi connectivity index (χ4v) is 3.57. The highest BCUT2D eigenvalue weighted by Crippen LogP contribution is 2.31. The maximum Gasteiger partial charge on any atom is 0.123 e. The number of benzene rings is 1. The average molecular weight is 260 g/mol. The van der Waals surface area contributed by atoms with Crippen LogP contribution in [0, 0.1) is 5.92 Å². The van der Waals surface area contributed by atoms with E-state index in [0.29, 0.717) is 12.0 Å². The maximum atomic E-state index is 5.98. The largest absolute Gasteiger partial charge is 0.492 e. The third-order valence-electron chi connectivity index (χ3n) is 4.62. The van der Waals surface area contributed by atoms with Crippen LogP contribution in [-0.2, 0) is 6.54 Å². The maximum absolute atomic E-state index is 5.98. The van der Waals surface area contributed by atoms with Crippen molar-refractivity contribution in [1.29, 1.82) is 0 Å². The first kappa shape index (κ1) is 12.9. The Kier molecular flexibility index (Phi) is 4.04. The van der Waals surface area contributed by atoms with Crippen molar-refractivity contribution < 1.29 is 4.74 Å². The Labute approximate surface area is 115 Å². The quantitative estimate of drug-likeness (QED) is 0.887. The second-order valence-electron chi connectivity index (χ2n) is 5.77. The fourth-order valence-electron chi connectivity index (χ4n) is 3.57. The van der Waals surface area contributed by atoms with Crippen LogP contribution in [0.5, 0.6) is 5.75 Å². The number of hydrogen-bond acceptors (Lipinski definition) is 3. The topological polar surface area (TPSA) is 38.5 Å². The van der Waals surface area contributed by atoms with Gasteiger partial charge in [-0.2, -0.15) is 0 Å². The molecule has 1 fully saturated rings. The van der Waals surface area contributed by atoms with Crippen LogP contribution in [0.25, 0.3) is 0 Å². The van der Waals surface area contributed by atoms with Crippen LogP contribution in [0.3, 0.4) is 0 Å². The molecule has 1 aromatic carbocycles. The van der Waals surface area contributed by atoms with E-state index in [-0.39, 0.29) is 0 Å². The number of ether oxygens (including phenoxy) is 1. The Morgan fingerprint density at radius 3 is 2.95 bits per heavy atom. The van der Waals surface area contributed by atoms with E-state index in [1.807, 2.05) is 0 Å². The van der Waals surface area contributed by atoms with E-state index >= 15 is 0 Å². The zero-order valence-electron chi connectivity index (χ0n) is 11.6. The van der Waals surface area contributed by atoms with Crippen LogP contribution < -0.4 is 10.5 Å². The van der Waals surface area contributed by atoms with Crippen LogP contribution in [0.15, 0.2) is 24.3 Å². The van der Waals surface area contributed by atoms with Crippen LogP contribution in [0.4, 0.5) is 0 Å². The summed E-state index contributed by atoms with van der Waals surface area (Å²) < 4.78 is 5.87.